The fraction of sp³-hybridized carbons (Fsp3) is 0.579. The number of rotatable bonds is 7. The molecule has 0 fully saturated rings. The van der Waals surface area contributed by atoms with Crippen LogP contribution in [0.4, 0.5) is 10.5 Å². The molecule has 0 saturated heterocycles. The van der Waals surface area contributed by atoms with Gasteiger partial charge in [0.1, 0.15) is 0 Å². The van der Waals surface area contributed by atoms with Crippen molar-refractivity contribution in [2.75, 3.05) is 17.6 Å². The van der Waals surface area contributed by atoms with Crippen LogP contribution in [0.25, 0.3) is 0 Å². The van der Waals surface area contributed by atoms with Gasteiger partial charge in [-0.2, -0.15) is 0 Å². The molecule has 7 nitrogen and oxygen atoms in total. The van der Waals surface area contributed by atoms with Crippen molar-refractivity contribution >= 4 is 27.6 Å². The molecule has 3 amide bonds. The minimum absolute atomic E-state index is 0.140. The lowest BCUT2D eigenvalue weighted by molar-refractivity contribution is -0.118. The number of carbonyl (C=O) groups excluding carboxylic acids is 2. The molecule has 8 heteroatoms. The summed E-state index contributed by atoms with van der Waals surface area (Å²) in [7, 11) is -3.70. The Hall–Kier alpha value is -2.09. The maximum Gasteiger partial charge on any atom is 0.332 e. The van der Waals surface area contributed by atoms with E-state index in [0.717, 1.165) is 44.2 Å². The monoisotopic (exact) mass is 393 g/mol. The molecule has 2 aliphatic rings. The summed E-state index contributed by atoms with van der Waals surface area (Å²) in [6, 6.07) is 1.57. The molecule has 0 heterocycles. The molecule has 0 saturated carbocycles. The van der Waals surface area contributed by atoms with Gasteiger partial charge in [0.25, 0.3) is 0 Å². The number of hydrogen-bond donors (Lipinski definition) is 3. The van der Waals surface area contributed by atoms with Crippen molar-refractivity contribution in [3.63, 3.8) is 0 Å². The van der Waals surface area contributed by atoms with E-state index in [4.69, 9.17) is 0 Å². The number of amides is 3. The third kappa shape index (κ3) is 5.00. The van der Waals surface area contributed by atoms with E-state index >= 15 is 0 Å². The second-order valence-corrected chi connectivity index (χ2v) is 9.14. The molecule has 1 aromatic carbocycles. The Bertz CT molecular complexity index is 817. The molecule has 3 N–H and O–H groups in total. The Morgan fingerprint density at radius 2 is 1.63 bits per heavy atom. The summed E-state index contributed by atoms with van der Waals surface area (Å²) >= 11 is 0. The minimum atomic E-state index is -3.70. The van der Waals surface area contributed by atoms with E-state index in [9.17, 15) is 18.0 Å². The Labute approximate surface area is 160 Å². The molecule has 148 valence electrons. The molecule has 27 heavy (non-hydrogen) atoms. The number of sulfonamides is 1. The topological polar surface area (TPSA) is 104 Å². The van der Waals surface area contributed by atoms with Gasteiger partial charge >= 0.3 is 6.03 Å². The van der Waals surface area contributed by atoms with Crippen LogP contribution in [0.2, 0.25) is 0 Å². The molecule has 0 aromatic heterocycles. The van der Waals surface area contributed by atoms with Gasteiger partial charge in [-0.1, -0.05) is 6.07 Å². The van der Waals surface area contributed by atoms with E-state index < -0.39 is 16.1 Å². The number of nitrogens with one attached hydrogen (secondary N) is 3. The van der Waals surface area contributed by atoms with Crippen molar-refractivity contribution in [3.8, 4) is 0 Å². The fourth-order valence-electron chi connectivity index (χ4n) is 3.98. The van der Waals surface area contributed by atoms with Gasteiger partial charge in [0.05, 0.1) is 5.75 Å². The van der Waals surface area contributed by atoms with Crippen LogP contribution in [0.3, 0.4) is 0 Å². The molecule has 0 spiro atoms. The average Bonchev–Trinajstić information content (AvgIpc) is 3.22. The lowest BCUT2D eigenvalue weighted by Gasteiger charge is -2.16. The Balaban J connectivity index is 1.59. The summed E-state index contributed by atoms with van der Waals surface area (Å²) in [4.78, 5) is 23.1. The van der Waals surface area contributed by atoms with Gasteiger partial charge in [-0.15, -0.1) is 0 Å². The van der Waals surface area contributed by atoms with Crippen LogP contribution in [0.1, 0.15) is 54.9 Å². The van der Waals surface area contributed by atoms with Crippen molar-refractivity contribution in [1.29, 1.82) is 0 Å². The van der Waals surface area contributed by atoms with Crippen LogP contribution in [-0.4, -0.2) is 32.7 Å². The van der Waals surface area contributed by atoms with Crippen LogP contribution in [-0.2, 0) is 40.5 Å². The van der Waals surface area contributed by atoms with Crippen LogP contribution in [0, 0.1) is 0 Å². The number of hydrogen-bond acceptors (Lipinski definition) is 4. The van der Waals surface area contributed by atoms with Crippen LogP contribution >= 0.6 is 0 Å². The molecule has 0 bridgehead atoms. The number of fused-ring (bicyclic) bond motifs is 2. The second kappa shape index (κ2) is 8.29. The average molecular weight is 394 g/mol. The highest BCUT2D eigenvalue weighted by Crippen LogP contribution is 2.38. The number of carbonyl (C=O) groups is 2. The van der Waals surface area contributed by atoms with Gasteiger partial charge in [0.15, 0.2) is 0 Å². The normalized spacial score (nSPS) is 15.1. The first kappa shape index (κ1) is 19.7. The Kier molecular flexibility index (Phi) is 6.04. The van der Waals surface area contributed by atoms with Crippen LogP contribution < -0.4 is 15.4 Å². The predicted molar refractivity (Wildman–Crippen MR) is 104 cm³/mol. The van der Waals surface area contributed by atoms with Crippen molar-refractivity contribution in [2.24, 2.45) is 0 Å². The molecule has 3 rings (SSSR count). The summed E-state index contributed by atoms with van der Waals surface area (Å²) in [5, 5.41) is 5.45. The zero-order valence-electron chi connectivity index (χ0n) is 15.7. The molecular formula is C19H27N3O4S. The maximum absolute atomic E-state index is 12.3. The number of benzene rings is 1. The summed E-state index contributed by atoms with van der Waals surface area (Å²) < 4.78 is 26.4. The molecule has 2 aliphatic carbocycles. The number of aryl methyl sites for hydroxylation is 2. The molecule has 0 aliphatic heterocycles. The van der Waals surface area contributed by atoms with E-state index in [1.54, 1.807) is 0 Å². The molecule has 0 unspecified atom stereocenters. The zero-order valence-corrected chi connectivity index (χ0v) is 16.5. The molecule has 0 atom stereocenters. The Morgan fingerprint density at radius 3 is 2.22 bits per heavy atom. The fourth-order valence-corrected chi connectivity index (χ4v) is 5.00. The first-order valence-corrected chi connectivity index (χ1v) is 11.2. The number of anilines is 1. The third-order valence-corrected chi connectivity index (χ3v) is 6.50. The largest absolute Gasteiger partial charge is 0.356 e. The highest BCUT2D eigenvalue weighted by molar-refractivity contribution is 7.90. The van der Waals surface area contributed by atoms with Gasteiger partial charge in [0, 0.05) is 19.2 Å². The Morgan fingerprint density at radius 1 is 1.00 bits per heavy atom. The van der Waals surface area contributed by atoms with E-state index in [0.29, 0.717) is 19.4 Å². The van der Waals surface area contributed by atoms with Gasteiger partial charge in [-0.3, -0.25) is 4.79 Å². The summed E-state index contributed by atoms with van der Waals surface area (Å²) in [6.45, 7) is 1.85. The lowest BCUT2D eigenvalue weighted by atomic mass is 9.99. The minimum Gasteiger partial charge on any atom is -0.356 e. The summed E-state index contributed by atoms with van der Waals surface area (Å²) in [6.07, 6.45) is 6.95. The number of unbranched alkanes of at least 4 members (excludes halogenated alkanes) is 1. The highest BCUT2D eigenvalue weighted by atomic mass is 32.2. The van der Waals surface area contributed by atoms with Gasteiger partial charge in [-0.25, -0.2) is 17.9 Å². The maximum atomic E-state index is 12.3. The summed E-state index contributed by atoms with van der Waals surface area (Å²) in [5.74, 6) is -0.288. The summed E-state index contributed by atoms with van der Waals surface area (Å²) in [5.41, 5.74) is 5.73. The van der Waals surface area contributed by atoms with Crippen molar-refractivity contribution in [2.45, 2.75) is 58.3 Å². The van der Waals surface area contributed by atoms with Crippen LogP contribution in [0.15, 0.2) is 6.07 Å². The van der Waals surface area contributed by atoms with E-state index in [-0.39, 0.29) is 11.7 Å². The van der Waals surface area contributed by atoms with Crippen molar-refractivity contribution in [3.05, 3.63) is 28.3 Å². The smallest absolute Gasteiger partial charge is 0.332 e. The first-order valence-electron chi connectivity index (χ1n) is 9.58. The van der Waals surface area contributed by atoms with Crippen molar-refractivity contribution < 1.29 is 18.0 Å². The standard InChI is InChI=1S/C19H27N3O4S/c1-13(23)20-10-2-3-11-27(25,26)22-19(24)21-18-16-8-4-6-14(16)12-15-7-5-9-17(15)18/h12H,2-11H2,1H3,(H,20,23)(H2,21,22,24). The van der Waals surface area contributed by atoms with Gasteiger partial charge in [-0.05, 0) is 73.6 Å². The van der Waals surface area contributed by atoms with Gasteiger partial charge < -0.3 is 10.6 Å². The third-order valence-electron chi connectivity index (χ3n) is 5.17. The molecular weight excluding hydrogens is 366 g/mol. The molecule has 0 radical (unpaired) electrons. The predicted octanol–water partition coefficient (Wildman–Crippen LogP) is 2.03. The zero-order chi connectivity index (χ0) is 19.4. The SMILES string of the molecule is CC(=O)NCCCCS(=O)(=O)NC(=O)Nc1c2c(cc3c1CCC3)CCC2. The highest BCUT2D eigenvalue weighted by Gasteiger charge is 2.25. The van der Waals surface area contributed by atoms with E-state index in [2.05, 4.69) is 21.4 Å². The van der Waals surface area contributed by atoms with Crippen molar-refractivity contribution in [1.82, 2.24) is 10.0 Å². The van der Waals surface area contributed by atoms with Crippen LogP contribution in [0.5, 0.6) is 0 Å². The second-order valence-electron chi connectivity index (χ2n) is 7.30. The molecule has 1 aromatic rings. The first-order chi connectivity index (χ1) is 12.9. The van der Waals surface area contributed by atoms with Gasteiger partial charge in [0.2, 0.25) is 15.9 Å². The lowest BCUT2D eigenvalue weighted by Crippen LogP contribution is -2.36. The number of urea groups is 1. The van der Waals surface area contributed by atoms with E-state index in [1.165, 1.54) is 29.2 Å². The van der Waals surface area contributed by atoms with E-state index in [1.807, 2.05) is 0 Å². The quantitative estimate of drug-likeness (QED) is 0.617.